The number of pyridine rings is 1. The molecule has 0 aliphatic carbocycles. The van der Waals surface area contributed by atoms with Crippen molar-refractivity contribution in [1.29, 1.82) is 0 Å². The van der Waals surface area contributed by atoms with Gasteiger partial charge >= 0.3 is 0 Å². The Morgan fingerprint density at radius 2 is 1.76 bits per heavy atom. The van der Waals surface area contributed by atoms with Crippen LogP contribution in [0.4, 0.5) is 5.82 Å². The summed E-state index contributed by atoms with van der Waals surface area (Å²) in [5, 5.41) is 0. The number of furan rings is 1. The summed E-state index contributed by atoms with van der Waals surface area (Å²) in [7, 11) is 0. The molecule has 0 saturated carbocycles. The van der Waals surface area contributed by atoms with E-state index in [0.29, 0.717) is 44.8 Å². The Morgan fingerprint density at radius 1 is 1.00 bits per heavy atom. The van der Waals surface area contributed by atoms with Crippen LogP contribution in [0.5, 0.6) is 0 Å². The van der Waals surface area contributed by atoms with E-state index in [9.17, 15) is 9.59 Å². The average molecular weight is 398 g/mol. The fourth-order valence-corrected chi connectivity index (χ4v) is 3.71. The number of aromatic nitrogens is 1. The van der Waals surface area contributed by atoms with Crippen LogP contribution in [0.3, 0.4) is 0 Å². The van der Waals surface area contributed by atoms with Crippen LogP contribution in [0.1, 0.15) is 22.5 Å². The minimum absolute atomic E-state index is 0.116. The van der Waals surface area contributed by atoms with Crippen molar-refractivity contribution in [2.24, 2.45) is 0 Å². The number of anilines is 1. The number of carbonyl (C=O) groups excluding carboxylic acids is 2. The molecule has 154 valence electrons. The highest BCUT2D eigenvalue weighted by molar-refractivity contribution is 5.91. The molecule has 2 aliphatic heterocycles. The van der Waals surface area contributed by atoms with Gasteiger partial charge in [0.15, 0.2) is 5.76 Å². The first-order valence-electron chi connectivity index (χ1n) is 10.1. The van der Waals surface area contributed by atoms with Gasteiger partial charge in [-0.05, 0) is 36.2 Å². The number of nitrogens with zero attached hydrogens (tertiary/aromatic N) is 4. The number of piperazine rings is 1. The first-order chi connectivity index (χ1) is 14.2. The third-order valence-corrected chi connectivity index (χ3v) is 5.42. The van der Waals surface area contributed by atoms with E-state index in [1.165, 1.54) is 6.26 Å². The van der Waals surface area contributed by atoms with Gasteiger partial charge in [0.1, 0.15) is 5.82 Å². The highest BCUT2D eigenvalue weighted by atomic mass is 16.5. The van der Waals surface area contributed by atoms with Gasteiger partial charge in [-0.1, -0.05) is 0 Å². The van der Waals surface area contributed by atoms with Gasteiger partial charge in [-0.25, -0.2) is 4.98 Å². The summed E-state index contributed by atoms with van der Waals surface area (Å²) >= 11 is 0. The number of morpholine rings is 1. The Labute approximate surface area is 170 Å². The fraction of sp³-hybridized carbons (Fsp3) is 0.476. The molecule has 8 heteroatoms. The summed E-state index contributed by atoms with van der Waals surface area (Å²) in [4.78, 5) is 35.2. The second-order valence-electron chi connectivity index (χ2n) is 7.27. The zero-order valence-corrected chi connectivity index (χ0v) is 16.5. The van der Waals surface area contributed by atoms with Crippen molar-refractivity contribution >= 4 is 17.6 Å². The van der Waals surface area contributed by atoms with Crippen LogP contribution < -0.4 is 4.90 Å². The lowest BCUT2D eigenvalue weighted by atomic mass is 10.1. The van der Waals surface area contributed by atoms with Crippen LogP contribution in [0.25, 0.3) is 0 Å². The van der Waals surface area contributed by atoms with E-state index >= 15 is 0 Å². The standard InChI is InChI=1S/C21H26N4O4/c26-20(24-7-9-25(10-8-24)21(27)18-2-1-13-29-18)4-3-17-5-6-22-19(16-17)23-11-14-28-15-12-23/h1-2,5-6,13,16H,3-4,7-12,14-15H2. The van der Waals surface area contributed by atoms with E-state index in [-0.39, 0.29) is 11.8 Å². The molecular weight excluding hydrogens is 372 g/mol. The Balaban J connectivity index is 1.26. The van der Waals surface area contributed by atoms with E-state index in [0.717, 1.165) is 37.7 Å². The molecule has 0 spiro atoms. The summed E-state index contributed by atoms with van der Waals surface area (Å²) in [6.45, 7) is 5.30. The van der Waals surface area contributed by atoms with Crippen molar-refractivity contribution in [3.05, 3.63) is 48.0 Å². The Hall–Kier alpha value is -2.87. The SMILES string of the molecule is O=C(CCc1ccnc(N2CCOCC2)c1)N1CCN(C(=O)c2ccco2)CC1. The van der Waals surface area contributed by atoms with Gasteiger partial charge in [0, 0.05) is 51.9 Å². The molecular formula is C21H26N4O4. The van der Waals surface area contributed by atoms with Gasteiger partial charge in [-0.2, -0.15) is 0 Å². The quantitative estimate of drug-likeness (QED) is 0.758. The molecule has 8 nitrogen and oxygen atoms in total. The molecule has 2 fully saturated rings. The summed E-state index contributed by atoms with van der Waals surface area (Å²) in [6.07, 6.45) is 4.45. The third-order valence-electron chi connectivity index (χ3n) is 5.42. The minimum atomic E-state index is -0.116. The maximum Gasteiger partial charge on any atom is 0.289 e. The topological polar surface area (TPSA) is 79.1 Å². The summed E-state index contributed by atoms with van der Waals surface area (Å²) in [5.74, 6) is 1.30. The zero-order valence-electron chi connectivity index (χ0n) is 16.5. The molecule has 2 aromatic heterocycles. The lowest BCUT2D eigenvalue weighted by Crippen LogP contribution is -2.50. The number of hydrogen-bond donors (Lipinski definition) is 0. The van der Waals surface area contributed by atoms with Gasteiger partial charge in [0.05, 0.1) is 19.5 Å². The molecule has 0 N–H and O–H groups in total. The monoisotopic (exact) mass is 398 g/mol. The Morgan fingerprint density at radius 3 is 2.48 bits per heavy atom. The van der Waals surface area contributed by atoms with Crippen LogP contribution in [0.15, 0.2) is 41.1 Å². The van der Waals surface area contributed by atoms with Crippen LogP contribution in [0, 0.1) is 0 Å². The van der Waals surface area contributed by atoms with Crippen molar-refractivity contribution in [2.75, 3.05) is 57.4 Å². The van der Waals surface area contributed by atoms with E-state index in [4.69, 9.17) is 9.15 Å². The molecule has 0 radical (unpaired) electrons. The second-order valence-corrected chi connectivity index (χ2v) is 7.27. The largest absolute Gasteiger partial charge is 0.459 e. The third kappa shape index (κ3) is 4.76. The Bertz CT molecular complexity index is 825. The number of ether oxygens (including phenoxy) is 1. The number of amides is 2. The van der Waals surface area contributed by atoms with Gasteiger partial charge in [0.25, 0.3) is 5.91 Å². The lowest BCUT2D eigenvalue weighted by Gasteiger charge is -2.34. The molecule has 4 heterocycles. The molecule has 29 heavy (non-hydrogen) atoms. The molecule has 2 aliphatic rings. The van der Waals surface area contributed by atoms with Gasteiger partial charge in [-0.15, -0.1) is 0 Å². The van der Waals surface area contributed by atoms with Crippen LogP contribution in [-0.4, -0.2) is 79.1 Å². The first-order valence-corrected chi connectivity index (χ1v) is 10.1. The Kier molecular flexibility index (Phi) is 6.09. The first kappa shape index (κ1) is 19.4. The van der Waals surface area contributed by atoms with Gasteiger partial charge in [0.2, 0.25) is 5.91 Å². The van der Waals surface area contributed by atoms with Crippen molar-refractivity contribution in [1.82, 2.24) is 14.8 Å². The van der Waals surface area contributed by atoms with Gasteiger partial charge in [-0.3, -0.25) is 9.59 Å². The van der Waals surface area contributed by atoms with E-state index in [1.54, 1.807) is 17.0 Å². The lowest BCUT2D eigenvalue weighted by molar-refractivity contribution is -0.132. The average Bonchev–Trinajstić information content (AvgIpc) is 3.33. The van der Waals surface area contributed by atoms with Crippen molar-refractivity contribution in [3.63, 3.8) is 0 Å². The zero-order chi connectivity index (χ0) is 20.1. The van der Waals surface area contributed by atoms with Crippen LogP contribution in [-0.2, 0) is 16.0 Å². The van der Waals surface area contributed by atoms with Crippen molar-refractivity contribution in [3.8, 4) is 0 Å². The minimum Gasteiger partial charge on any atom is -0.459 e. The number of hydrogen-bond acceptors (Lipinski definition) is 6. The second kappa shape index (κ2) is 9.09. The number of rotatable bonds is 5. The molecule has 4 rings (SSSR count). The smallest absolute Gasteiger partial charge is 0.289 e. The molecule has 2 aromatic rings. The fourth-order valence-electron chi connectivity index (χ4n) is 3.71. The summed E-state index contributed by atoms with van der Waals surface area (Å²) in [6, 6.07) is 7.41. The molecule has 0 unspecified atom stereocenters. The highest BCUT2D eigenvalue weighted by Gasteiger charge is 2.25. The molecule has 2 saturated heterocycles. The predicted molar refractivity (Wildman–Crippen MR) is 107 cm³/mol. The maximum atomic E-state index is 12.6. The molecule has 2 amide bonds. The summed E-state index contributed by atoms with van der Waals surface area (Å²) < 4.78 is 10.6. The van der Waals surface area contributed by atoms with E-state index in [2.05, 4.69) is 16.0 Å². The molecule has 0 atom stereocenters. The molecule has 0 bridgehead atoms. The van der Waals surface area contributed by atoms with Crippen molar-refractivity contribution < 1.29 is 18.7 Å². The van der Waals surface area contributed by atoms with E-state index < -0.39 is 0 Å². The maximum absolute atomic E-state index is 12.6. The van der Waals surface area contributed by atoms with E-state index in [1.807, 2.05) is 17.2 Å². The number of carbonyl (C=O) groups is 2. The summed E-state index contributed by atoms with van der Waals surface area (Å²) in [5.41, 5.74) is 1.11. The van der Waals surface area contributed by atoms with Crippen molar-refractivity contribution in [2.45, 2.75) is 12.8 Å². The normalized spacial score (nSPS) is 17.4. The number of aryl methyl sites for hydroxylation is 1. The predicted octanol–water partition coefficient (Wildman–Crippen LogP) is 1.43. The highest BCUT2D eigenvalue weighted by Crippen LogP contribution is 2.16. The molecule has 0 aromatic carbocycles. The van der Waals surface area contributed by atoms with Crippen LogP contribution in [0.2, 0.25) is 0 Å². The van der Waals surface area contributed by atoms with Crippen LogP contribution >= 0.6 is 0 Å². The van der Waals surface area contributed by atoms with Gasteiger partial charge < -0.3 is 23.9 Å².